The van der Waals surface area contributed by atoms with Crippen LogP contribution in [0.4, 0.5) is 0 Å². The van der Waals surface area contributed by atoms with Crippen LogP contribution >= 0.6 is 0 Å². The largest absolute Gasteiger partial charge is 0.492 e. The van der Waals surface area contributed by atoms with Gasteiger partial charge in [-0.3, -0.25) is 9.69 Å². The Kier molecular flexibility index (Phi) is 5.65. The van der Waals surface area contributed by atoms with Gasteiger partial charge < -0.3 is 9.47 Å². The summed E-state index contributed by atoms with van der Waals surface area (Å²) in [5.41, 5.74) is 2.30. The van der Waals surface area contributed by atoms with Crippen LogP contribution in [-0.4, -0.2) is 44.7 Å². The third-order valence-electron chi connectivity index (χ3n) is 2.70. The highest BCUT2D eigenvalue weighted by molar-refractivity contribution is 5.71. The molecule has 0 fully saturated rings. The molecule has 4 nitrogen and oxygen atoms in total. The Morgan fingerprint density at radius 3 is 2.72 bits per heavy atom. The van der Waals surface area contributed by atoms with Crippen LogP contribution in [-0.2, 0) is 9.53 Å². The summed E-state index contributed by atoms with van der Waals surface area (Å²) in [5, 5.41) is 0. The summed E-state index contributed by atoms with van der Waals surface area (Å²) in [6.07, 6.45) is 0. The van der Waals surface area contributed by atoms with Crippen molar-refractivity contribution in [2.75, 3.05) is 33.9 Å². The van der Waals surface area contributed by atoms with Crippen LogP contribution in [0, 0.1) is 13.8 Å². The Hall–Kier alpha value is -1.55. The van der Waals surface area contributed by atoms with Crippen LogP contribution in [0.5, 0.6) is 5.75 Å². The lowest BCUT2D eigenvalue weighted by atomic mass is 10.1. The Morgan fingerprint density at radius 1 is 1.33 bits per heavy atom. The van der Waals surface area contributed by atoms with E-state index in [1.54, 1.807) is 0 Å². The Morgan fingerprint density at radius 2 is 2.06 bits per heavy atom. The van der Waals surface area contributed by atoms with Gasteiger partial charge in [-0.25, -0.2) is 0 Å². The molecule has 0 spiro atoms. The van der Waals surface area contributed by atoms with Crippen molar-refractivity contribution < 1.29 is 14.3 Å². The van der Waals surface area contributed by atoms with Crippen molar-refractivity contribution in [3.63, 3.8) is 0 Å². The van der Waals surface area contributed by atoms with E-state index in [2.05, 4.69) is 10.8 Å². The number of nitrogens with zero attached hydrogens (tertiary/aromatic N) is 1. The fourth-order valence-corrected chi connectivity index (χ4v) is 1.54. The van der Waals surface area contributed by atoms with E-state index in [1.165, 1.54) is 12.7 Å². The third kappa shape index (κ3) is 4.75. The molecule has 0 unspecified atom stereocenters. The lowest BCUT2D eigenvalue weighted by molar-refractivity contribution is -0.141. The molecule has 0 aliphatic rings. The summed E-state index contributed by atoms with van der Waals surface area (Å²) in [4.78, 5) is 12.9. The van der Waals surface area contributed by atoms with E-state index in [1.807, 2.05) is 37.9 Å². The number of likely N-dealkylation sites (N-methyl/N-ethyl adjacent to an activating group) is 1. The highest BCUT2D eigenvalue weighted by Gasteiger charge is 2.06. The number of rotatable bonds is 6. The fraction of sp³-hybridized carbons (Fsp3) is 0.500. The smallest absolute Gasteiger partial charge is 0.319 e. The highest BCUT2D eigenvalue weighted by Crippen LogP contribution is 2.18. The summed E-state index contributed by atoms with van der Waals surface area (Å²) in [6, 6.07) is 6.13. The van der Waals surface area contributed by atoms with Crippen molar-refractivity contribution in [2.24, 2.45) is 0 Å². The van der Waals surface area contributed by atoms with Crippen LogP contribution in [0.1, 0.15) is 11.1 Å². The molecule has 0 aromatic heterocycles. The van der Waals surface area contributed by atoms with Crippen molar-refractivity contribution in [3.05, 3.63) is 29.3 Å². The van der Waals surface area contributed by atoms with Gasteiger partial charge in [0, 0.05) is 6.54 Å². The van der Waals surface area contributed by atoms with Gasteiger partial charge in [-0.1, -0.05) is 12.1 Å². The number of hydrogen-bond donors (Lipinski definition) is 0. The fourth-order valence-electron chi connectivity index (χ4n) is 1.54. The molecule has 0 N–H and O–H groups in total. The molecular weight excluding hydrogens is 230 g/mol. The topological polar surface area (TPSA) is 38.8 Å². The predicted octanol–water partition coefficient (Wildman–Crippen LogP) is 1.79. The Balaban J connectivity index is 2.37. The van der Waals surface area contributed by atoms with Crippen LogP contribution in [0.25, 0.3) is 0 Å². The second-order valence-electron chi connectivity index (χ2n) is 4.43. The minimum Gasteiger partial charge on any atom is -0.492 e. The van der Waals surface area contributed by atoms with E-state index < -0.39 is 0 Å². The maximum absolute atomic E-state index is 11.0. The summed E-state index contributed by atoms with van der Waals surface area (Å²) in [6.45, 7) is 5.58. The zero-order valence-electron chi connectivity index (χ0n) is 11.5. The minimum atomic E-state index is -0.232. The molecule has 0 aliphatic carbocycles. The molecule has 1 aromatic carbocycles. The summed E-state index contributed by atoms with van der Waals surface area (Å²) in [7, 11) is 3.26. The molecule has 4 heteroatoms. The summed E-state index contributed by atoms with van der Waals surface area (Å²) in [5.74, 6) is 0.672. The molecular formula is C14H21NO3. The molecule has 0 atom stereocenters. The first-order chi connectivity index (χ1) is 8.52. The molecule has 1 rings (SSSR count). The lowest BCUT2D eigenvalue weighted by Crippen LogP contribution is -2.30. The molecule has 0 bridgehead atoms. The quantitative estimate of drug-likeness (QED) is 0.723. The molecule has 0 saturated heterocycles. The van der Waals surface area contributed by atoms with E-state index in [9.17, 15) is 4.79 Å². The van der Waals surface area contributed by atoms with Crippen LogP contribution in [0.3, 0.4) is 0 Å². The van der Waals surface area contributed by atoms with E-state index in [4.69, 9.17) is 4.74 Å². The van der Waals surface area contributed by atoms with E-state index >= 15 is 0 Å². The number of aryl methyl sites for hydroxylation is 2. The molecule has 0 radical (unpaired) electrons. The van der Waals surface area contributed by atoms with Gasteiger partial charge in [0.25, 0.3) is 0 Å². The minimum absolute atomic E-state index is 0.232. The number of hydrogen-bond acceptors (Lipinski definition) is 4. The monoisotopic (exact) mass is 251 g/mol. The van der Waals surface area contributed by atoms with Crippen molar-refractivity contribution >= 4 is 5.97 Å². The van der Waals surface area contributed by atoms with Crippen molar-refractivity contribution in [2.45, 2.75) is 13.8 Å². The summed E-state index contributed by atoms with van der Waals surface area (Å²) >= 11 is 0. The van der Waals surface area contributed by atoms with Crippen LogP contribution < -0.4 is 4.74 Å². The third-order valence-corrected chi connectivity index (χ3v) is 2.70. The molecule has 100 valence electrons. The first kappa shape index (κ1) is 14.5. The zero-order chi connectivity index (χ0) is 13.5. The van der Waals surface area contributed by atoms with Crippen molar-refractivity contribution in [1.29, 1.82) is 0 Å². The van der Waals surface area contributed by atoms with Gasteiger partial charge >= 0.3 is 5.97 Å². The molecule has 0 amide bonds. The molecule has 0 aliphatic heterocycles. The number of ether oxygens (including phenoxy) is 2. The van der Waals surface area contributed by atoms with Gasteiger partial charge in [-0.05, 0) is 38.1 Å². The van der Waals surface area contributed by atoms with Gasteiger partial charge in [0.15, 0.2) is 0 Å². The molecule has 0 heterocycles. The number of carbonyl (C=O) groups is 1. The first-order valence-electron chi connectivity index (χ1n) is 5.98. The number of benzene rings is 1. The zero-order valence-corrected chi connectivity index (χ0v) is 11.5. The van der Waals surface area contributed by atoms with Crippen LogP contribution in [0.15, 0.2) is 18.2 Å². The Bertz CT molecular complexity index is 404. The second kappa shape index (κ2) is 7.01. The van der Waals surface area contributed by atoms with Gasteiger partial charge in [-0.15, -0.1) is 0 Å². The molecule has 18 heavy (non-hydrogen) atoms. The normalized spacial score (nSPS) is 10.5. The predicted molar refractivity (Wildman–Crippen MR) is 70.9 cm³/mol. The average Bonchev–Trinajstić information content (AvgIpc) is 2.33. The standard InChI is InChI=1S/C14H21NO3/c1-11-5-6-12(2)13(9-11)18-8-7-15(3)10-14(16)17-4/h5-6,9H,7-8,10H2,1-4H3. The first-order valence-corrected chi connectivity index (χ1v) is 5.98. The molecule has 1 aromatic rings. The van der Waals surface area contributed by atoms with E-state index in [0.29, 0.717) is 13.2 Å². The number of carbonyl (C=O) groups excluding carboxylic acids is 1. The average molecular weight is 251 g/mol. The van der Waals surface area contributed by atoms with Gasteiger partial charge in [-0.2, -0.15) is 0 Å². The van der Waals surface area contributed by atoms with E-state index in [-0.39, 0.29) is 12.5 Å². The summed E-state index contributed by atoms with van der Waals surface area (Å²) < 4.78 is 10.3. The van der Waals surface area contributed by atoms with Gasteiger partial charge in [0.05, 0.1) is 13.7 Å². The van der Waals surface area contributed by atoms with E-state index in [0.717, 1.165) is 11.3 Å². The number of methoxy groups -OCH3 is 1. The maximum Gasteiger partial charge on any atom is 0.319 e. The second-order valence-corrected chi connectivity index (χ2v) is 4.43. The SMILES string of the molecule is COC(=O)CN(C)CCOc1cc(C)ccc1C. The van der Waals surface area contributed by atoms with Gasteiger partial charge in [0.1, 0.15) is 12.4 Å². The Labute approximate surface area is 108 Å². The molecule has 0 saturated carbocycles. The maximum atomic E-state index is 11.0. The highest BCUT2D eigenvalue weighted by atomic mass is 16.5. The van der Waals surface area contributed by atoms with Gasteiger partial charge in [0.2, 0.25) is 0 Å². The van der Waals surface area contributed by atoms with Crippen molar-refractivity contribution in [1.82, 2.24) is 4.90 Å². The number of esters is 1. The van der Waals surface area contributed by atoms with Crippen molar-refractivity contribution in [3.8, 4) is 5.75 Å². The van der Waals surface area contributed by atoms with Crippen LogP contribution in [0.2, 0.25) is 0 Å². The lowest BCUT2D eigenvalue weighted by Gasteiger charge is -2.16.